The number of amides is 1. The highest BCUT2D eigenvalue weighted by Crippen LogP contribution is 2.46. The van der Waals surface area contributed by atoms with Crippen LogP contribution >= 0.6 is 11.3 Å². The van der Waals surface area contributed by atoms with E-state index in [1.54, 1.807) is 18.4 Å². The zero-order valence-corrected chi connectivity index (χ0v) is 11.9. The van der Waals surface area contributed by atoms with E-state index in [2.05, 4.69) is 11.4 Å². The minimum absolute atomic E-state index is 0.0290. The van der Waals surface area contributed by atoms with Crippen molar-refractivity contribution in [1.82, 2.24) is 0 Å². The van der Waals surface area contributed by atoms with Crippen LogP contribution in [0.25, 0.3) is 0 Å². The van der Waals surface area contributed by atoms with Gasteiger partial charge in [-0.05, 0) is 54.6 Å². The fourth-order valence-corrected chi connectivity index (χ4v) is 3.75. The lowest BCUT2D eigenvalue weighted by Gasteiger charge is -2.22. The molecule has 1 aromatic heterocycles. The molecule has 0 radical (unpaired) electrons. The number of methoxy groups -OCH3 is 1. The van der Waals surface area contributed by atoms with Gasteiger partial charge < -0.3 is 10.1 Å². The maximum absolute atomic E-state index is 12.5. The van der Waals surface area contributed by atoms with Gasteiger partial charge in [0.1, 0.15) is 11.2 Å². The Kier molecular flexibility index (Phi) is 2.64. The van der Waals surface area contributed by atoms with Gasteiger partial charge in [-0.3, -0.25) is 4.79 Å². The zero-order chi connectivity index (χ0) is 13.6. The highest BCUT2D eigenvalue weighted by molar-refractivity contribution is 7.10. The quantitative estimate of drug-likeness (QED) is 0.911. The van der Waals surface area contributed by atoms with Gasteiger partial charge >= 0.3 is 0 Å². The molecule has 0 saturated carbocycles. The monoisotopic (exact) mass is 273 g/mol. The summed E-state index contributed by atoms with van der Waals surface area (Å²) in [6.07, 6.45) is 0. The molecule has 1 aliphatic rings. The summed E-state index contributed by atoms with van der Waals surface area (Å²) in [7, 11) is 1.64. The number of fused-ring (bicyclic) bond motifs is 1. The van der Waals surface area contributed by atoms with Crippen molar-refractivity contribution in [2.75, 3.05) is 12.4 Å². The molecule has 1 N–H and O–H groups in total. The van der Waals surface area contributed by atoms with Crippen LogP contribution in [-0.2, 0) is 10.2 Å². The minimum Gasteiger partial charge on any atom is -0.497 e. The first-order valence-corrected chi connectivity index (χ1v) is 7.00. The number of benzene rings is 1. The number of carbonyl (C=O) groups excluding carboxylic acids is 1. The third-order valence-electron chi connectivity index (χ3n) is 3.78. The van der Waals surface area contributed by atoms with E-state index in [-0.39, 0.29) is 5.91 Å². The first kappa shape index (κ1) is 12.2. The van der Waals surface area contributed by atoms with Gasteiger partial charge in [-0.15, -0.1) is 11.3 Å². The third kappa shape index (κ3) is 1.60. The van der Waals surface area contributed by atoms with Crippen molar-refractivity contribution in [3.8, 4) is 5.75 Å². The highest BCUT2D eigenvalue weighted by Gasteiger charge is 2.46. The molecule has 1 amide bonds. The van der Waals surface area contributed by atoms with Crippen LogP contribution in [0.4, 0.5) is 5.69 Å². The smallest absolute Gasteiger partial charge is 0.240 e. The van der Waals surface area contributed by atoms with Crippen molar-refractivity contribution in [3.05, 3.63) is 45.6 Å². The summed E-state index contributed by atoms with van der Waals surface area (Å²) in [6.45, 7) is 4.02. The number of thiophene rings is 1. The van der Waals surface area contributed by atoms with Crippen molar-refractivity contribution in [1.29, 1.82) is 0 Å². The maximum atomic E-state index is 12.5. The zero-order valence-electron chi connectivity index (χ0n) is 11.1. The molecule has 4 heteroatoms. The molecule has 98 valence electrons. The Morgan fingerprint density at radius 1 is 1.32 bits per heavy atom. The number of anilines is 1. The van der Waals surface area contributed by atoms with Crippen molar-refractivity contribution >= 4 is 22.9 Å². The molecule has 3 nitrogen and oxygen atoms in total. The second kappa shape index (κ2) is 4.10. The number of aryl methyl sites for hydroxylation is 1. The molecule has 0 spiro atoms. The molecule has 2 aromatic rings. The number of rotatable bonds is 2. The van der Waals surface area contributed by atoms with Crippen LogP contribution in [0.2, 0.25) is 0 Å². The van der Waals surface area contributed by atoms with Gasteiger partial charge in [0.2, 0.25) is 5.91 Å². The third-order valence-corrected chi connectivity index (χ3v) is 5.02. The number of hydrogen-bond donors (Lipinski definition) is 1. The molecular weight excluding hydrogens is 258 g/mol. The Hall–Kier alpha value is -1.81. The first-order chi connectivity index (χ1) is 9.07. The predicted molar refractivity (Wildman–Crippen MR) is 77.1 cm³/mol. The van der Waals surface area contributed by atoms with Crippen LogP contribution in [0.1, 0.15) is 22.9 Å². The van der Waals surface area contributed by atoms with Crippen LogP contribution in [0.15, 0.2) is 29.6 Å². The molecule has 0 fully saturated rings. The SMILES string of the molecule is COc1ccc2c(c1)C(C)(c1sccc1C)C(=O)N2. The van der Waals surface area contributed by atoms with E-state index in [9.17, 15) is 4.79 Å². The summed E-state index contributed by atoms with van der Waals surface area (Å²) < 4.78 is 5.28. The number of carbonyl (C=O) groups is 1. The number of ether oxygens (including phenoxy) is 1. The molecule has 1 atom stereocenters. The molecule has 1 aromatic carbocycles. The van der Waals surface area contributed by atoms with E-state index in [0.29, 0.717) is 0 Å². The molecule has 2 heterocycles. The second-order valence-corrected chi connectivity index (χ2v) is 5.84. The Bertz CT molecular complexity index is 662. The topological polar surface area (TPSA) is 38.3 Å². The van der Waals surface area contributed by atoms with Crippen LogP contribution in [0.3, 0.4) is 0 Å². The van der Waals surface area contributed by atoms with Gasteiger partial charge in [0.05, 0.1) is 7.11 Å². The molecule has 1 aliphatic heterocycles. The van der Waals surface area contributed by atoms with Gasteiger partial charge in [0, 0.05) is 10.6 Å². The Morgan fingerprint density at radius 2 is 2.11 bits per heavy atom. The predicted octanol–water partition coefficient (Wildman–Crippen LogP) is 3.32. The lowest BCUT2D eigenvalue weighted by atomic mass is 9.81. The normalized spacial score (nSPS) is 21.1. The molecule has 19 heavy (non-hydrogen) atoms. The minimum atomic E-state index is -0.623. The largest absolute Gasteiger partial charge is 0.497 e. The van der Waals surface area contributed by atoms with E-state index < -0.39 is 5.41 Å². The van der Waals surface area contributed by atoms with Crippen molar-refractivity contribution < 1.29 is 9.53 Å². The van der Waals surface area contributed by atoms with Crippen LogP contribution in [0.5, 0.6) is 5.75 Å². The summed E-state index contributed by atoms with van der Waals surface area (Å²) in [6, 6.07) is 7.77. The number of hydrogen-bond acceptors (Lipinski definition) is 3. The van der Waals surface area contributed by atoms with E-state index >= 15 is 0 Å². The van der Waals surface area contributed by atoms with Crippen molar-refractivity contribution in [3.63, 3.8) is 0 Å². The van der Waals surface area contributed by atoms with Crippen LogP contribution < -0.4 is 10.1 Å². The summed E-state index contributed by atoms with van der Waals surface area (Å²) in [5, 5.41) is 5.00. The Labute approximate surface area is 116 Å². The molecular formula is C15H15NO2S. The van der Waals surface area contributed by atoms with E-state index in [4.69, 9.17) is 4.74 Å². The first-order valence-electron chi connectivity index (χ1n) is 6.12. The molecule has 0 saturated heterocycles. The fourth-order valence-electron chi connectivity index (χ4n) is 2.65. The fraction of sp³-hybridized carbons (Fsp3) is 0.267. The standard InChI is InChI=1S/C15H15NO2S/c1-9-6-7-19-13(9)15(2)11-8-10(18-3)4-5-12(11)16-14(15)17/h4-8H,1-3H3,(H,16,17). The molecule has 0 aliphatic carbocycles. The van der Waals surface area contributed by atoms with Gasteiger partial charge in [-0.1, -0.05) is 0 Å². The molecule has 1 unspecified atom stereocenters. The van der Waals surface area contributed by atoms with Crippen LogP contribution in [0, 0.1) is 6.92 Å². The van der Waals surface area contributed by atoms with Gasteiger partial charge in [0.15, 0.2) is 0 Å². The molecule has 3 rings (SSSR count). The summed E-state index contributed by atoms with van der Waals surface area (Å²) in [5.41, 5.74) is 2.39. The summed E-state index contributed by atoms with van der Waals surface area (Å²) in [5.74, 6) is 0.803. The lowest BCUT2D eigenvalue weighted by molar-refractivity contribution is -0.119. The van der Waals surface area contributed by atoms with Gasteiger partial charge in [-0.25, -0.2) is 0 Å². The lowest BCUT2D eigenvalue weighted by Crippen LogP contribution is -2.31. The van der Waals surface area contributed by atoms with E-state index in [1.165, 1.54) is 0 Å². The summed E-state index contributed by atoms with van der Waals surface area (Å²) in [4.78, 5) is 13.6. The van der Waals surface area contributed by atoms with E-state index in [1.807, 2.05) is 37.4 Å². The second-order valence-electron chi connectivity index (χ2n) is 4.92. The highest BCUT2D eigenvalue weighted by atomic mass is 32.1. The Morgan fingerprint density at radius 3 is 2.74 bits per heavy atom. The van der Waals surface area contributed by atoms with E-state index in [0.717, 1.165) is 27.4 Å². The van der Waals surface area contributed by atoms with Gasteiger partial charge in [0.25, 0.3) is 0 Å². The van der Waals surface area contributed by atoms with Crippen molar-refractivity contribution in [2.45, 2.75) is 19.3 Å². The van der Waals surface area contributed by atoms with Crippen molar-refractivity contribution in [2.24, 2.45) is 0 Å². The average Bonchev–Trinajstić information content (AvgIpc) is 2.93. The Balaban J connectivity index is 2.24. The molecule has 0 bridgehead atoms. The summed E-state index contributed by atoms with van der Waals surface area (Å²) >= 11 is 1.62. The van der Waals surface area contributed by atoms with Crippen LogP contribution in [-0.4, -0.2) is 13.0 Å². The maximum Gasteiger partial charge on any atom is 0.240 e. The van der Waals surface area contributed by atoms with Gasteiger partial charge in [-0.2, -0.15) is 0 Å². The number of nitrogens with one attached hydrogen (secondary N) is 1. The average molecular weight is 273 g/mol.